The van der Waals surface area contributed by atoms with Crippen LogP contribution in [0.4, 0.5) is 5.69 Å². The molecule has 0 saturated carbocycles. The fraction of sp³-hybridized carbons (Fsp3) is 0.350. The molecule has 0 spiro atoms. The predicted octanol–water partition coefficient (Wildman–Crippen LogP) is 4.01. The second-order valence-corrected chi connectivity index (χ2v) is 7.02. The van der Waals surface area contributed by atoms with Gasteiger partial charge in [-0.25, -0.2) is 0 Å². The quantitative estimate of drug-likeness (QED) is 0.845. The number of carbonyl (C=O) groups is 1. The summed E-state index contributed by atoms with van der Waals surface area (Å²) in [6.45, 7) is 7.53. The Bertz CT molecular complexity index is 715. The lowest BCUT2D eigenvalue weighted by molar-refractivity contribution is 0.102. The van der Waals surface area contributed by atoms with Gasteiger partial charge in [-0.15, -0.1) is 0 Å². The molecule has 1 aliphatic heterocycles. The normalized spacial score (nSPS) is 16.5. The van der Waals surface area contributed by atoms with E-state index in [1.54, 1.807) is 6.07 Å². The van der Waals surface area contributed by atoms with Crippen LogP contribution >= 0.6 is 0 Å². The van der Waals surface area contributed by atoms with Gasteiger partial charge in [-0.2, -0.15) is 0 Å². The zero-order chi connectivity index (χ0) is 17.2. The average molecular weight is 325 g/mol. The summed E-state index contributed by atoms with van der Waals surface area (Å²) in [7, 11) is 0. The molecule has 2 aromatic carbocycles. The number of para-hydroxylation sites is 2. The number of nitrogens with one attached hydrogen (secondary N) is 1. The molecule has 1 amide bonds. The van der Waals surface area contributed by atoms with E-state index in [0.29, 0.717) is 17.9 Å². The number of benzene rings is 2. The molecule has 0 aliphatic carbocycles. The van der Waals surface area contributed by atoms with Crippen molar-refractivity contribution in [3.05, 3.63) is 59.7 Å². The van der Waals surface area contributed by atoms with Crippen molar-refractivity contribution in [1.29, 1.82) is 0 Å². The van der Waals surface area contributed by atoms with E-state index in [0.717, 1.165) is 17.9 Å². The summed E-state index contributed by atoms with van der Waals surface area (Å²) < 4.78 is 11.2. The van der Waals surface area contributed by atoms with Crippen LogP contribution < -0.4 is 10.1 Å². The highest BCUT2D eigenvalue weighted by Crippen LogP contribution is 2.35. The lowest BCUT2D eigenvalue weighted by Gasteiger charge is -2.24. The molecule has 1 fully saturated rings. The third-order valence-electron chi connectivity index (χ3n) is 3.92. The first-order valence-electron chi connectivity index (χ1n) is 8.19. The SMILES string of the molecule is CC(C)(C)c1cccc(C(=O)Nc2ccccc2)c1OCC1CO1. The van der Waals surface area contributed by atoms with Crippen LogP contribution in [0.1, 0.15) is 36.7 Å². The van der Waals surface area contributed by atoms with Crippen molar-refractivity contribution >= 4 is 11.6 Å². The molecule has 1 N–H and O–H groups in total. The number of anilines is 1. The molecule has 4 heteroatoms. The maximum absolute atomic E-state index is 12.8. The standard InChI is InChI=1S/C20H23NO3/c1-20(2,3)17-11-7-10-16(18(17)24-13-15-12-23-15)19(22)21-14-8-5-4-6-9-14/h4-11,15H,12-13H2,1-3H3,(H,21,22). The van der Waals surface area contributed by atoms with Gasteiger partial charge in [0.2, 0.25) is 0 Å². The van der Waals surface area contributed by atoms with Crippen LogP contribution in [0.2, 0.25) is 0 Å². The zero-order valence-corrected chi connectivity index (χ0v) is 14.3. The summed E-state index contributed by atoms with van der Waals surface area (Å²) in [6.07, 6.45) is 0.142. The minimum Gasteiger partial charge on any atom is -0.490 e. The Balaban J connectivity index is 1.91. The average Bonchev–Trinajstić information content (AvgIpc) is 3.37. The fourth-order valence-corrected chi connectivity index (χ4v) is 2.52. The Kier molecular flexibility index (Phi) is 4.58. The first-order valence-corrected chi connectivity index (χ1v) is 8.19. The molecule has 126 valence electrons. The third-order valence-corrected chi connectivity index (χ3v) is 3.92. The molecule has 4 nitrogen and oxygen atoms in total. The van der Waals surface area contributed by atoms with E-state index < -0.39 is 0 Å². The van der Waals surface area contributed by atoms with E-state index in [9.17, 15) is 4.79 Å². The van der Waals surface area contributed by atoms with Gasteiger partial charge in [0.25, 0.3) is 5.91 Å². The second-order valence-electron chi connectivity index (χ2n) is 7.02. The molecule has 24 heavy (non-hydrogen) atoms. The highest BCUT2D eigenvalue weighted by molar-refractivity contribution is 6.06. The molecule has 1 aliphatic rings. The van der Waals surface area contributed by atoms with Crippen molar-refractivity contribution in [2.24, 2.45) is 0 Å². The van der Waals surface area contributed by atoms with Crippen LogP contribution in [0.25, 0.3) is 0 Å². The summed E-state index contributed by atoms with van der Waals surface area (Å²) in [5, 5.41) is 2.93. The summed E-state index contributed by atoms with van der Waals surface area (Å²) in [6, 6.07) is 15.2. The van der Waals surface area contributed by atoms with E-state index in [1.165, 1.54) is 0 Å². The Morgan fingerprint density at radius 1 is 1.17 bits per heavy atom. The second kappa shape index (κ2) is 6.65. The van der Waals surface area contributed by atoms with E-state index in [1.807, 2.05) is 42.5 Å². The van der Waals surface area contributed by atoms with E-state index >= 15 is 0 Å². The largest absolute Gasteiger partial charge is 0.490 e. The fourth-order valence-electron chi connectivity index (χ4n) is 2.52. The third kappa shape index (κ3) is 3.95. The lowest BCUT2D eigenvalue weighted by Crippen LogP contribution is -2.20. The van der Waals surface area contributed by atoms with Gasteiger partial charge in [-0.05, 0) is 23.6 Å². The van der Waals surface area contributed by atoms with Crippen LogP contribution in [-0.2, 0) is 10.2 Å². The molecule has 0 aromatic heterocycles. The van der Waals surface area contributed by atoms with Crippen molar-refractivity contribution in [2.45, 2.75) is 32.3 Å². The number of rotatable bonds is 5. The van der Waals surface area contributed by atoms with Gasteiger partial charge in [0, 0.05) is 11.3 Å². The van der Waals surface area contributed by atoms with Gasteiger partial charge >= 0.3 is 0 Å². The molecule has 1 atom stereocenters. The maximum Gasteiger partial charge on any atom is 0.259 e. The highest BCUT2D eigenvalue weighted by Gasteiger charge is 2.28. The molecule has 1 heterocycles. The summed E-state index contributed by atoms with van der Waals surface area (Å²) >= 11 is 0. The topological polar surface area (TPSA) is 50.9 Å². The first kappa shape index (κ1) is 16.5. The molecule has 3 rings (SSSR count). The predicted molar refractivity (Wildman–Crippen MR) is 94.8 cm³/mol. The van der Waals surface area contributed by atoms with Gasteiger partial charge in [0.05, 0.1) is 12.2 Å². The smallest absolute Gasteiger partial charge is 0.259 e. The van der Waals surface area contributed by atoms with Crippen molar-refractivity contribution in [2.75, 3.05) is 18.5 Å². The maximum atomic E-state index is 12.8. The number of ether oxygens (including phenoxy) is 2. The molecular formula is C20H23NO3. The van der Waals surface area contributed by atoms with Crippen molar-refractivity contribution in [1.82, 2.24) is 0 Å². The van der Waals surface area contributed by atoms with Gasteiger partial charge in [-0.3, -0.25) is 4.79 Å². The highest BCUT2D eigenvalue weighted by atomic mass is 16.6. The van der Waals surface area contributed by atoms with Crippen molar-refractivity contribution < 1.29 is 14.3 Å². The minimum atomic E-state index is -0.168. The van der Waals surface area contributed by atoms with E-state index in [4.69, 9.17) is 9.47 Å². The van der Waals surface area contributed by atoms with Crippen molar-refractivity contribution in [3.8, 4) is 5.75 Å². The number of amides is 1. The molecule has 2 aromatic rings. The molecule has 1 unspecified atom stereocenters. The first-order chi connectivity index (χ1) is 11.4. The van der Waals surface area contributed by atoms with Gasteiger partial charge in [0.1, 0.15) is 18.5 Å². The number of hydrogen-bond acceptors (Lipinski definition) is 3. The van der Waals surface area contributed by atoms with Crippen LogP contribution in [0, 0.1) is 0 Å². The summed E-state index contributed by atoms with van der Waals surface area (Å²) in [5.74, 6) is 0.480. The summed E-state index contributed by atoms with van der Waals surface area (Å²) in [5.41, 5.74) is 2.21. The molecule has 0 radical (unpaired) electrons. The van der Waals surface area contributed by atoms with Crippen LogP contribution in [0.3, 0.4) is 0 Å². The number of hydrogen-bond donors (Lipinski definition) is 1. The van der Waals surface area contributed by atoms with E-state index in [-0.39, 0.29) is 17.4 Å². The van der Waals surface area contributed by atoms with Crippen LogP contribution in [0.15, 0.2) is 48.5 Å². The molecule has 0 bridgehead atoms. The Labute approximate surface area is 142 Å². The Morgan fingerprint density at radius 3 is 2.50 bits per heavy atom. The molecule has 1 saturated heterocycles. The van der Waals surface area contributed by atoms with Crippen molar-refractivity contribution in [3.63, 3.8) is 0 Å². The Morgan fingerprint density at radius 2 is 1.88 bits per heavy atom. The zero-order valence-electron chi connectivity index (χ0n) is 14.3. The Hall–Kier alpha value is -2.33. The van der Waals surface area contributed by atoms with Crippen LogP contribution in [-0.4, -0.2) is 25.2 Å². The molecular weight excluding hydrogens is 302 g/mol. The van der Waals surface area contributed by atoms with E-state index in [2.05, 4.69) is 26.1 Å². The number of epoxide rings is 1. The monoisotopic (exact) mass is 325 g/mol. The van der Waals surface area contributed by atoms with Gasteiger partial charge < -0.3 is 14.8 Å². The lowest BCUT2D eigenvalue weighted by atomic mass is 9.85. The van der Waals surface area contributed by atoms with Crippen LogP contribution in [0.5, 0.6) is 5.75 Å². The minimum absolute atomic E-state index is 0.122. The van der Waals surface area contributed by atoms with Gasteiger partial charge in [0.15, 0.2) is 0 Å². The van der Waals surface area contributed by atoms with Gasteiger partial charge in [-0.1, -0.05) is 51.1 Å². The number of carbonyl (C=O) groups excluding carboxylic acids is 1. The summed E-state index contributed by atoms with van der Waals surface area (Å²) in [4.78, 5) is 12.8.